The molecule has 0 amide bonds. The number of aromatic nitrogens is 3. The van der Waals surface area contributed by atoms with E-state index in [9.17, 15) is 18.0 Å². The normalized spacial score (nSPS) is 11.5. The van der Waals surface area contributed by atoms with Gasteiger partial charge in [0.25, 0.3) is 0 Å². The number of carbonyl (C=O) groups is 1. The maximum absolute atomic E-state index is 12.7. The fraction of sp³-hybridized carbons (Fsp3) is 0.286. The molecule has 2 aromatic heterocycles. The van der Waals surface area contributed by atoms with Crippen LogP contribution in [0.5, 0.6) is 5.75 Å². The third-order valence-corrected chi connectivity index (χ3v) is 4.32. The van der Waals surface area contributed by atoms with Crippen LogP contribution < -0.4 is 4.74 Å². The molecule has 0 aliphatic heterocycles. The van der Waals surface area contributed by atoms with Crippen LogP contribution in [0.25, 0.3) is 5.82 Å². The average molecular weight is 419 g/mol. The Morgan fingerprint density at radius 2 is 2.03 bits per heavy atom. The molecule has 0 saturated carbocycles. The van der Waals surface area contributed by atoms with Crippen molar-refractivity contribution in [2.45, 2.75) is 39.0 Å². The number of hydrogen-bond donors (Lipinski definition) is 1. The highest BCUT2D eigenvalue weighted by atomic mass is 19.4. The molecule has 0 aliphatic carbocycles. The molecule has 2 heterocycles. The Morgan fingerprint density at radius 1 is 1.23 bits per heavy atom. The Bertz CT molecular complexity index is 1010. The van der Waals surface area contributed by atoms with E-state index >= 15 is 0 Å². The van der Waals surface area contributed by atoms with Crippen LogP contribution >= 0.6 is 0 Å². The zero-order valence-electron chi connectivity index (χ0n) is 16.2. The van der Waals surface area contributed by atoms with E-state index in [1.165, 1.54) is 10.7 Å². The van der Waals surface area contributed by atoms with Crippen molar-refractivity contribution in [2.75, 3.05) is 0 Å². The van der Waals surface area contributed by atoms with Gasteiger partial charge >= 0.3 is 12.1 Å². The molecule has 0 bridgehead atoms. The van der Waals surface area contributed by atoms with Crippen LogP contribution in [-0.4, -0.2) is 25.8 Å². The van der Waals surface area contributed by atoms with Gasteiger partial charge in [0.1, 0.15) is 12.4 Å². The minimum atomic E-state index is -4.45. The van der Waals surface area contributed by atoms with Gasteiger partial charge < -0.3 is 9.84 Å². The van der Waals surface area contributed by atoms with Gasteiger partial charge in [0.2, 0.25) is 0 Å². The number of aliphatic carboxylic acids is 1. The van der Waals surface area contributed by atoms with Crippen LogP contribution in [0, 0.1) is 0 Å². The summed E-state index contributed by atoms with van der Waals surface area (Å²) in [5, 5.41) is 13.4. The van der Waals surface area contributed by atoms with Crippen LogP contribution in [0.4, 0.5) is 13.2 Å². The summed E-state index contributed by atoms with van der Waals surface area (Å²) >= 11 is 0. The Labute approximate surface area is 170 Å². The Hall–Kier alpha value is -3.36. The number of alkyl halides is 3. The van der Waals surface area contributed by atoms with E-state index in [0.29, 0.717) is 17.7 Å². The number of carboxylic acids is 1. The minimum absolute atomic E-state index is 0.101. The molecule has 3 aromatic rings. The third kappa shape index (κ3) is 5.37. The van der Waals surface area contributed by atoms with Crippen molar-refractivity contribution in [3.63, 3.8) is 0 Å². The number of hydrogen-bond acceptors (Lipinski definition) is 4. The van der Waals surface area contributed by atoms with Gasteiger partial charge in [0, 0.05) is 18.0 Å². The maximum Gasteiger partial charge on any atom is 0.417 e. The molecule has 1 aromatic carbocycles. The predicted octanol–water partition coefficient (Wildman–Crippen LogP) is 4.44. The quantitative estimate of drug-likeness (QED) is 0.584. The van der Waals surface area contributed by atoms with Crippen molar-refractivity contribution in [3.05, 3.63) is 71.2 Å². The summed E-state index contributed by atoms with van der Waals surface area (Å²) < 4.78 is 45.5. The van der Waals surface area contributed by atoms with Crippen molar-refractivity contribution in [1.82, 2.24) is 14.8 Å². The van der Waals surface area contributed by atoms with Gasteiger partial charge in [0.15, 0.2) is 5.82 Å². The molecule has 9 heteroatoms. The predicted molar refractivity (Wildman–Crippen MR) is 102 cm³/mol. The van der Waals surface area contributed by atoms with Crippen molar-refractivity contribution in [3.8, 4) is 11.6 Å². The SMILES string of the molecule is CCCc1nn(-c2ccc(C(F)(F)F)cn2)cc1COc1cccc(CC(=O)O)c1. The smallest absolute Gasteiger partial charge is 0.417 e. The molecule has 0 saturated heterocycles. The van der Waals surface area contributed by atoms with Crippen molar-refractivity contribution in [2.24, 2.45) is 0 Å². The van der Waals surface area contributed by atoms with E-state index in [4.69, 9.17) is 9.84 Å². The second-order valence-electron chi connectivity index (χ2n) is 6.71. The lowest BCUT2D eigenvalue weighted by atomic mass is 10.1. The lowest BCUT2D eigenvalue weighted by Crippen LogP contribution is -2.07. The molecule has 158 valence electrons. The Balaban J connectivity index is 1.78. The molecule has 0 radical (unpaired) electrons. The number of nitrogens with zero attached hydrogens (tertiary/aromatic N) is 3. The number of pyridine rings is 1. The van der Waals surface area contributed by atoms with Crippen LogP contribution in [0.1, 0.15) is 35.7 Å². The molecular weight excluding hydrogens is 399 g/mol. The molecule has 0 fully saturated rings. The molecular formula is C21H20F3N3O3. The summed E-state index contributed by atoms with van der Waals surface area (Å²) in [6.45, 7) is 2.18. The molecule has 0 aliphatic rings. The molecule has 0 spiro atoms. The fourth-order valence-corrected chi connectivity index (χ4v) is 2.90. The largest absolute Gasteiger partial charge is 0.489 e. The van der Waals surface area contributed by atoms with Gasteiger partial charge in [-0.05, 0) is 36.2 Å². The molecule has 1 N–H and O–H groups in total. The average Bonchev–Trinajstić information content (AvgIpc) is 3.09. The Kier molecular flexibility index (Phi) is 6.39. The molecule has 6 nitrogen and oxygen atoms in total. The number of ether oxygens (including phenoxy) is 1. The molecule has 0 unspecified atom stereocenters. The zero-order valence-corrected chi connectivity index (χ0v) is 16.2. The van der Waals surface area contributed by atoms with Gasteiger partial charge in [-0.25, -0.2) is 9.67 Å². The first-order valence-corrected chi connectivity index (χ1v) is 9.31. The van der Waals surface area contributed by atoms with Gasteiger partial charge in [-0.15, -0.1) is 0 Å². The molecule has 3 rings (SSSR count). The summed E-state index contributed by atoms with van der Waals surface area (Å²) in [5.41, 5.74) is 1.35. The highest BCUT2D eigenvalue weighted by Gasteiger charge is 2.30. The van der Waals surface area contributed by atoms with Gasteiger partial charge in [-0.1, -0.05) is 25.5 Å². The van der Waals surface area contributed by atoms with E-state index in [1.54, 1.807) is 30.5 Å². The second kappa shape index (κ2) is 8.98. The van der Waals surface area contributed by atoms with Gasteiger partial charge in [-0.2, -0.15) is 18.3 Å². The van der Waals surface area contributed by atoms with Gasteiger partial charge in [-0.3, -0.25) is 4.79 Å². The Morgan fingerprint density at radius 3 is 2.67 bits per heavy atom. The number of aryl methyl sites for hydroxylation is 1. The highest BCUT2D eigenvalue weighted by molar-refractivity contribution is 5.70. The minimum Gasteiger partial charge on any atom is -0.489 e. The van der Waals surface area contributed by atoms with Crippen LogP contribution in [0.15, 0.2) is 48.8 Å². The first-order valence-electron chi connectivity index (χ1n) is 9.31. The van der Waals surface area contributed by atoms with E-state index in [-0.39, 0.29) is 18.8 Å². The van der Waals surface area contributed by atoms with Crippen molar-refractivity contribution in [1.29, 1.82) is 0 Å². The summed E-state index contributed by atoms with van der Waals surface area (Å²) in [6.07, 6.45) is -0.584. The van der Waals surface area contributed by atoms with E-state index < -0.39 is 17.7 Å². The number of rotatable bonds is 8. The van der Waals surface area contributed by atoms with E-state index in [0.717, 1.165) is 29.9 Å². The van der Waals surface area contributed by atoms with E-state index in [1.807, 2.05) is 6.92 Å². The topological polar surface area (TPSA) is 77.2 Å². The first-order chi connectivity index (χ1) is 14.3. The van der Waals surface area contributed by atoms with Gasteiger partial charge in [0.05, 0.1) is 17.7 Å². The van der Waals surface area contributed by atoms with Crippen LogP contribution in [0.2, 0.25) is 0 Å². The summed E-state index contributed by atoms with van der Waals surface area (Å²) in [4.78, 5) is 14.7. The molecule has 30 heavy (non-hydrogen) atoms. The summed E-state index contributed by atoms with van der Waals surface area (Å²) in [6, 6.07) is 9.05. The maximum atomic E-state index is 12.7. The van der Waals surface area contributed by atoms with Crippen molar-refractivity contribution < 1.29 is 27.8 Å². The number of carboxylic acid groups (broad SMARTS) is 1. The van der Waals surface area contributed by atoms with Crippen LogP contribution in [-0.2, 0) is 30.4 Å². The number of benzene rings is 1. The highest BCUT2D eigenvalue weighted by Crippen LogP contribution is 2.28. The summed E-state index contributed by atoms with van der Waals surface area (Å²) in [5.74, 6) is -0.130. The zero-order chi connectivity index (χ0) is 21.7. The van der Waals surface area contributed by atoms with Crippen LogP contribution in [0.3, 0.4) is 0 Å². The second-order valence-corrected chi connectivity index (χ2v) is 6.71. The lowest BCUT2D eigenvalue weighted by molar-refractivity contribution is -0.138. The lowest BCUT2D eigenvalue weighted by Gasteiger charge is -2.07. The van der Waals surface area contributed by atoms with Crippen molar-refractivity contribution >= 4 is 5.97 Å². The first kappa shape index (κ1) is 21.4. The van der Waals surface area contributed by atoms with E-state index in [2.05, 4.69) is 10.1 Å². The standard InChI is InChI=1S/C21H20F3N3O3/c1-2-4-18-15(13-30-17-6-3-5-14(9-17)10-20(28)29)12-27(26-18)19-8-7-16(11-25-19)21(22,23)24/h3,5-9,11-12H,2,4,10,13H2,1H3,(H,28,29). The molecule has 0 atom stereocenters. The summed E-state index contributed by atoms with van der Waals surface area (Å²) in [7, 11) is 0. The number of halogens is 3. The fourth-order valence-electron chi connectivity index (χ4n) is 2.90. The third-order valence-electron chi connectivity index (χ3n) is 4.32. The monoisotopic (exact) mass is 419 g/mol.